The highest BCUT2D eigenvalue weighted by atomic mass is 19.4. The van der Waals surface area contributed by atoms with Crippen LogP contribution in [-0.2, 0) is 12.7 Å². The Kier molecular flexibility index (Phi) is 6.17. The molecule has 150 valence electrons. The van der Waals surface area contributed by atoms with Gasteiger partial charge < -0.3 is 10.0 Å². The third-order valence-electron chi connectivity index (χ3n) is 5.05. The smallest absolute Gasteiger partial charge is 0.380 e. The van der Waals surface area contributed by atoms with Gasteiger partial charge >= 0.3 is 6.18 Å². The summed E-state index contributed by atoms with van der Waals surface area (Å²) in [6.07, 6.45) is -6.20. The van der Waals surface area contributed by atoms with E-state index in [9.17, 15) is 23.1 Å². The highest BCUT2D eigenvalue weighted by molar-refractivity contribution is 5.99. The molecule has 1 aliphatic heterocycles. The third kappa shape index (κ3) is 4.79. The zero-order valence-corrected chi connectivity index (χ0v) is 15.6. The van der Waals surface area contributed by atoms with E-state index in [4.69, 9.17) is 0 Å². The monoisotopic (exact) mass is 392 g/mol. The van der Waals surface area contributed by atoms with Gasteiger partial charge in [-0.3, -0.25) is 9.69 Å². The molecule has 0 amide bonds. The number of benzene rings is 2. The van der Waals surface area contributed by atoms with E-state index in [0.717, 1.165) is 19.2 Å². The molecule has 2 aromatic carbocycles. The summed E-state index contributed by atoms with van der Waals surface area (Å²) < 4.78 is 40.9. The van der Waals surface area contributed by atoms with Gasteiger partial charge in [0.25, 0.3) is 0 Å². The van der Waals surface area contributed by atoms with Gasteiger partial charge in [-0.1, -0.05) is 42.5 Å². The summed E-state index contributed by atoms with van der Waals surface area (Å²) in [7, 11) is 1.98. The maximum Gasteiger partial charge on any atom is 0.416 e. The first kappa shape index (κ1) is 20.5. The maximum atomic E-state index is 13.6. The number of likely N-dealkylation sites (N-methyl/N-ethyl adjacent to an activating group) is 1. The molecule has 0 spiro atoms. The Bertz CT molecular complexity index is 816. The van der Waals surface area contributed by atoms with Crippen LogP contribution in [0, 0.1) is 0 Å². The van der Waals surface area contributed by atoms with E-state index in [0.29, 0.717) is 13.1 Å². The third-order valence-corrected chi connectivity index (χ3v) is 5.05. The van der Waals surface area contributed by atoms with Gasteiger partial charge in [0.15, 0.2) is 5.78 Å². The number of hydrogen-bond donors (Lipinski definition) is 1. The van der Waals surface area contributed by atoms with Crippen LogP contribution in [-0.4, -0.2) is 53.9 Å². The van der Waals surface area contributed by atoms with Gasteiger partial charge in [0.05, 0.1) is 5.56 Å². The lowest BCUT2D eigenvalue weighted by Gasteiger charge is -2.33. The number of rotatable bonds is 5. The molecule has 1 unspecified atom stereocenters. The summed E-state index contributed by atoms with van der Waals surface area (Å²) in [6, 6.07) is 11.7. The number of ketones is 1. The van der Waals surface area contributed by atoms with Crippen molar-refractivity contribution in [2.75, 3.05) is 33.2 Å². The summed E-state index contributed by atoms with van der Waals surface area (Å²) in [5.74, 6) is -0.624. The Labute approximate surface area is 162 Å². The molecule has 0 saturated carbocycles. The molecule has 3 rings (SSSR count). The number of nitrogens with zero attached hydrogens (tertiary/aromatic N) is 2. The molecule has 0 radical (unpaired) electrons. The normalized spacial score (nSPS) is 17.5. The molecule has 1 saturated heterocycles. The quantitative estimate of drug-likeness (QED) is 0.793. The van der Waals surface area contributed by atoms with Crippen molar-refractivity contribution in [1.82, 2.24) is 9.80 Å². The van der Waals surface area contributed by atoms with Crippen LogP contribution in [0.4, 0.5) is 13.2 Å². The first-order chi connectivity index (χ1) is 13.3. The number of Topliss-reactive ketones (excluding diaryl/α,β-unsaturated/α-hetero) is 1. The van der Waals surface area contributed by atoms with Crippen LogP contribution < -0.4 is 0 Å². The molecule has 1 N–H and O–H groups in total. The van der Waals surface area contributed by atoms with Crippen LogP contribution in [0.15, 0.2) is 48.5 Å². The van der Waals surface area contributed by atoms with Crippen LogP contribution >= 0.6 is 0 Å². The fourth-order valence-corrected chi connectivity index (χ4v) is 3.32. The van der Waals surface area contributed by atoms with Crippen molar-refractivity contribution in [3.05, 3.63) is 70.8 Å². The van der Waals surface area contributed by atoms with Gasteiger partial charge in [0.2, 0.25) is 0 Å². The zero-order valence-electron chi connectivity index (χ0n) is 15.6. The topological polar surface area (TPSA) is 43.8 Å². The van der Waals surface area contributed by atoms with E-state index in [-0.39, 0.29) is 23.2 Å². The zero-order chi connectivity index (χ0) is 20.3. The van der Waals surface area contributed by atoms with Gasteiger partial charge in [-0.25, -0.2) is 0 Å². The van der Waals surface area contributed by atoms with E-state index < -0.39 is 23.6 Å². The second-order valence-corrected chi connectivity index (χ2v) is 7.13. The SMILES string of the molecule is CN1CCN(Cc2ccc(C(O)C(=O)c3ccccc3)cc2C(F)(F)F)CC1. The second-order valence-electron chi connectivity index (χ2n) is 7.13. The van der Waals surface area contributed by atoms with Crippen molar-refractivity contribution >= 4 is 5.78 Å². The molecule has 0 aromatic heterocycles. The van der Waals surface area contributed by atoms with E-state index in [2.05, 4.69) is 4.90 Å². The van der Waals surface area contributed by atoms with E-state index in [1.807, 2.05) is 11.9 Å². The van der Waals surface area contributed by atoms with Gasteiger partial charge in [-0.2, -0.15) is 13.2 Å². The predicted octanol–water partition coefficient (Wildman–Crippen LogP) is 3.37. The lowest BCUT2D eigenvalue weighted by atomic mass is 9.95. The standard InChI is InChI=1S/C21H23F3N2O2/c1-25-9-11-26(12-10-25)14-17-8-7-16(13-18(17)21(22,23)24)20(28)19(27)15-5-3-2-4-6-15/h2-8,13,20,28H,9-12,14H2,1H3. The number of hydrogen-bond acceptors (Lipinski definition) is 4. The van der Waals surface area contributed by atoms with E-state index >= 15 is 0 Å². The number of halogens is 3. The second kappa shape index (κ2) is 8.43. The molecule has 1 fully saturated rings. The average Bonchev–Trinajstić information content (AvgIpc) is 2.69. The Morgan fingerprint density at radius 2 is 1.71 bits per heavy atom. The number of piperazine rings is 1. The number of aliphatic hydroxyl groups is 1. The minimum Gasteiger partial charge on any atom is -0.380 e. The van der Waals surface area contributed by atoms with E-state index in [1.54, 1.807) is 18.2 Å². The van der Waals surface area contributed by atoms with Crippen molar-refractivity contribution in [3.8, 4) is 0 Å². The van der Waals surface area contributed by atoms with E-state index in [1.165, 1.54) is 24.3 Å². The summed E-state index contributed by atoms with van der Waals surface area (Å²) in [4.78, 5) is 16.5. The minimum atomic E-state index is -4.56. The van der Waals surface area contributed by atoms with Crippen molar-refractivity contribution < 1.29 is 23.1 Å². The van der Waals surface area contributed by atoms with Crippen molar-refractivity contribution in [3.63, 3.8) is 0 Å². The number of aliphatic hydroxyl groups excluding tert-OH is 1. The first-order valence-electron chi connectivity index (χ1n) is 9.14. The Balaban J connectivity index is 1.85. The maximum absolute atomic E-state index is 13.6. The number of carbonyl (C=O) groups excluding carboxylic acids is 1. The summed E-state index contributed by atoms with van der Waals surface area (Å²) in [5.41, 5.74) is -0.447. The van der Waals surface area contributed by atoms with Crippen LogP contribution in [0.1, 0.15) is 33.2 Å². The van der Waals surface area contributed by atoms with Gasteiger partial charge in [0.1, 0.15) is 6.10 Å². The largest absolute Gasteiger partial charge is 0.416 e. The summed E-state index contributed by atoms with van der Waals surface area (Å²) >= 11 is 0. The summed E-state index contributed by atoms with van der Waals surface area (Å²) in [6.45, 7) is 3.20. The Morgan fingerprint density at radius 3 is 2.32 bits per heavy atom. The molecular formula is C21H23F3N2O2. The van der Waals surface area contributed by atoms with Crippen molar-refractivity contribution in [2.45, 2.75) is 18.8 Å². The molecule has 1 atom stereocenters. The van der Waals surface area contributed by atoms with Gasteiger partial charge in [0, 0.05) is 38.3 Å². The predicted molar refractivity (Wildman–Crippen MR) is 100.0 cm³/mol. The molecule has 1 heterocycles. The number of alkyl halides is 3. The molecule has 1 aliphatic rings. The Morgan fingerprint density at radius 1 is 1.07 bits per heavy atom. The van der Waals surface area contributed by atoms with Crippen LogP contribution in [0.2, 0.25) is 0 Å². The average molecular weight is 392 g/mol. The molecule has 0 aliphatic carbocycles. The molecule has 4 nitrogen and oxygen atoms in total. The highest BCUT2D eigenvalue weighted by Crippen LogP contribution is 2.35. The molecule has 28 heavy (non-hydrogen) atoms. The van der Waals surface area contributed by atoms with Crippen LogP contribution in [0.25, 0.3) is 0 Å². The highest BCUT2D eigenvalue weighted by Gasteiger charge is 2.35. The van der Waals surface area contributed by atoms with Crippen LogP contribution in [0.3, 0.4) is 0 Å². The minimum absolute atomic E-state index is 0.0525. The molecule has 7 heteroatoms. The Hall–Kier alpha value is -2.22. The lowest BCUT2D eigenvalue weighted by Crippen LogP contribution is -2.44. The van der Waals surface area contributed by atoms with Crippen LogP contribution in [0.5, 0.6) is 0 Å². The number of carbonyl (C=O) groups is 1. The fraction of sp³-hybridized carbons (Fsp3) is 0.381. The molecule has 2 aromatic rings. The molecule has 0 bridgehead atoms. The lowest BCUT2D eigenvalue weighted by molar-refractivity contribution is -0.138. The molecular weight excluding hydrogens is 369 g/mol. The first-order valence-corrected chi connectivity index (χ1v) is 9.14. The van der Waals surface area contributed by atoms with Gasteiger partial charge in [-0.15, -0.1) is 0 Å². The summed E-state index contributed by atoms with van der Waals surface area (Å²) in [5, 5.41) is 10.3. The van der Waals surface area contributed by atoms with Crippen molar-refractivity contribution in [2.24, 2.45) is 0 Å². The van der Waals surface area contributed by atoms with Crippen molar-refractivity contribution in [1.29, 1.82) is 0 Å². The fourth-order valence-electron chi connectivity index (χ4n) is 3.32. The van der Waals surface area contributed by atoms with Gasteiger partial charge in [-0.05, 0) is 24.2 Å².